The molecular formula is C18H14N4S2. The van der Waals surface area contributed by atoms with Crippen molar-refractivity contribution in [3.63, 3.8) is 0 Å². The zero-order valence-corrected chi connectivity index (χ0v) is 14.4. The fraction of sp³-hybridized carbons (Fsp3) is 0.167. The van der Waals surface area contributed by atoms with Gasteiger partial charge >= 0.3 is 0 Å². The molecule has 0 atom stereocenters. The molecule has 118 valence electrons. The van der Waals surface area contributed by atoms with E-state index in [1.807, 2.05) is 12.1 Å². The highest BCUT2D eigenvalue weighted by Crippen LogP contribution is 2.40. The summed E-state index contributed by atoms with van der Waals surface area (Å²) in [5.74, 6) is 0.916. The van der Waals surface area contributed by atoms with Gasteiger partial charge in [0.2, 0.25) is 0 Å². The maximum absolute atomic E-state index is 5.46. The molecule has 1 fully saturated rings. The molecular weight excluding hydrogens is 336 g/mol. The Morgan fingerprint density at radius 3 is 2.83 bits per heavy atom. The van der Waals surface area contributed by atoms with Crippen LogP contribution in [-0.2, 0) is 0 Å². The molecule has 0 aliphatic heterocycles. The normalized spacial score (nSPS) is 14.3. The van der Waals surface area contributed by atoms with Crippen LogP contribution < -0.4 is 0 Å². The Morgan fingerprint density at radius 1 is 1.17 bits per heavy atom. The van der Waals surface area contributed by atoms with Gasteiger partial charge in [0.15, 0.2) is 10.6 Å². The number of H-pyrrole nitrogens is 1. The zero-order valence-electron chi connectivity index (χ0n) is 12.8. The van der Waals surface area contributed by atoms with Crippen LogP contribution in [0.5, 0.6) is 0 Å². The molecule has 4 aromatic rings. The largest absolute Gasteiger partial charge is 0.297 e. The molecule has 4 nitrogen and oxygen atoms in total. The smallest absolute Gasteiger partial charge is 0.195 e. The second-order valence-corrected chi connectivity index (χ2v) is 7.34. The molecule has 24 heavy (non-hydrogen) atoms. The summed E-state index contributed by atoms with van der Waals surface area (Å²) in [5, 5.41) is 10.7. The van der Waals surface area contributed by atoms with Crippen LogP contribution in [0.2, 0.25) is 0 Å². The molecule has 0 amide bonds. The van der Waals surface area contributed by atoms with Crippen LogP contribution in [-0.4, -0.2) is 19.7 Å². The summed E-state index contributed by atoms with van der Waals surface area (Å²) in [6.45, 7) is 0. The highest BCUT2D eigenvalue weighted by atomic mass is 32.1. The van der Waals surface area contributed by atoms with E-state index in [9.17, 15) is 0 Å². The average Bonchev–Trinajstić information content (AvgIpc) is 3.14. The minimum atomic E-state index is 0.475. The Hall–Kier alpha value is -2.31. The van der Waals surface area contributed by atoms with E-state index in [0.29, 0.717) is 10.8 Å². The first-order valence-corrected chi connectivity index (χ1v) is 9.21. The molecule has 1 aromatic carbocycles. The van der Waals surface area contributed by atoms with Crippen molar-refractivity contribution in [1.29, 1.82) is 0 Å². The zero-order chi connectivity index (χ0) is 16.1. The van der Waals surface area contributed by atoms with E-state index < -0.39 is 0 Å². The highest BCUT2D eigenvalue weighted by molar-refractivity contribution is 7.71. The molecule has 1 aliphatic carbocycles. The summed E-state index contributed by atoms with van der Waals surface area (Å²) < 4.78 is 2.86. The molecule has 0 radical (unpaired) electrons. The van der Waals surface area contributed by atoms with Gasteiger partial charge < -0.3 is 0 Å². The summed E-state index contributed by atoms with van der Waals surface area (Å²) in [6, 6.07) is 15.0. The lowest BCUT2D eigenvalue weighted by Crippen LogP contribution is -1.99. The fourth-order valence-corrected chi connectivity index (χ4v) is 4.04. The SMILES string of the molecule is S=c1[nH]nc(-c2cc(-c3cccs3)nc3ccccc23)n1C1CC1. The van der Waals surface area contributed by atoms with Crippen molar-refractivity contribution in [2.24, 2.45) is 0 Å². The van der Waals surface area contributed by atoms with Gasteiger partial charge in [-0.2, -0.15) is 5.10 Å². The predicted molar refractivity (Wildman–Crippen MR) is 99.7 cm³/mol. The molecule has 3 heterocycles. The Kier molecular flexibility index (Phi) is 3.14. The van der Waals surface area contributed by atoms with Crippen molar-refractivity contribution in [3.8, 4) is 22.0 Å². The van der Waals surface area contributed by atoms with Gasteiger partial charge in [0.1, 0.15) is 0 Å². The van der Waals surface area contributed by atoms with Gasteiger partial charge in [0, 0.05) is 17.0 Å². The number of thiophene rings is 1. The lowest BCUT2D eigenvalue weighted by molar-refractivity contribution is 0.735. The molecule has 0 unspecified atom stereocenters. The van der Waals surface area contributed by atoms with Crippen molar-refractivity contribution < 1.29 is 0 Å². The number of hydrogen-bond acceptors (Lipinski definition) is 4. The van der Waals surface area contributed by atoms with Crippen LogP contribution in [0, 0.1) is 4.77 Å². The molecule has 6 heteroatoms. The maximum atomic E-state index is 5.46. The van der Waals surface area contributed by atoms with Crippen LogP contribution in [0.25, 0.3) is 32.9 Å². The number of nitrogens with zero attached hydrogens (tertiary/aromatic N) is 3. The molecule has 1 N–H and O–H groups in total. The minimum Gasteiger partial charge on any atom is -0.297 e. The number of para-hydroxylation sites is 1. The second kappa shape index (κ2) is 5.36. The van der Waals surface area contributed by atoms with Crippen LogP contribution in [0.1, 0.15) is 18.9 Å². The average molecular weight is 350 g/mol. The molecule has 0 spiro atoms. The molecule has 5 rings (SSSR count). The van der Waals surface area contributed by atoms with E-state index in [2.05, 4.69) is 50.5 Å². The van der Waals surface area contributed by atoms with Gasteiger partial charge in [-0.05, 0) is 48.6 Å². The number of aromatic nitrogens is 4. The molecule has 0 saturated heterocycles. The van der Waals surface area contributed by atoms with Crippen molar-refractivity contribution >= 4 is 34.5 Å². The molecule has 0 bridgehead atoms. The summed E-state index contributed by atoms with van der Waals surface area (Å²) in [5.41, 5.74) is 3.05. The third-order valence-corrected chi connectivity index (χ3v) is 5.53. The van der Waals surface area contributed by atoms with Crippen molar-refractivity contribution in [2.75, 3.05) is 0 Å². The van der Waals surface area contributed by atoms with Crippen LogP contribution in [0.4, 0.5) is 0 Å². The number of pyridine rings is 1. The molecule has 3 aromatic heterocycles. The lowest BCUT2D eigenvalue weighted by Gasteiger charge is -2.10. The first-order chi connectivity index (χ1) is 11.8. The summed E-state index contributed by atoms with van der Waals surface area (Å²) in [7, 11) is 0. The molecule has 1 aliphatic rings. The van der Waals surface area contributed by atoms with E-state index in [1.54, 1.807) is 11.3 Å². The summed E-state index contributed by atoms with van der Waals surface area (Å²) >= 11 is 7.15. The van der Waals surface area contributed by atoms with Gasteiger partial charge in [-0.3, -0.25) is 9.67 Å². The minimum absolute atomic E-state index is 0.475. The standard InChI is InChI=1S/C18H14N4S2/c23-18-21-20-17(22(18)11-7-8-11)13-10-15(16-6-3-9-24-16)19-14-5-2-1-4-12(13)14/h1-6,9-11H,7-8H2,(H,21,23). The topological polar surface area (TPSA) is 46.5 Å². The van der Waals surface area contributed by atoms with Crippen molar-refractivity contribution in [2.45, 2.75) is 18.9 Å². The first kappa shape index (κ1) is 14.1. The van der Waals surface area contributed by atoms with Gasteiger partial charge in [-0.15, -0.1) is 11.3 Å². The third-order valence-electron chi connectivity index (χ3n) is 4.35. The van der Waals surface area contributed by atoms with Crippen molar-refractivity contribution in [3.05, 3.63) is 52.6 Å². The van der Waals surface area contributed by atoms with E-state index in [4.69, 9.17) is 17.2 Å². The van der Waals surface area contributed by atoms with Crippen LogP contribution >= 0.6 is 23.6 Å². The number of rotatable bonds is 3. The van der Waals surface area contributed by atoms with Gasteiger partial charge in [0.05, 0.1) is 16.1 Å². The third kappa shape index (κ3) is 2.22. The van der Waals surface area contributed by atoms with Crippen molar-refractivity contribution in [1.82, 2.24) is 19.7 Å². The molecule has 1 saturated carbocycles. The Balaban J connectivity index is 1.83. The van der Waals surface area contributed by atoms with Gasteiger partial charge in [-0.25, -0.2) is 4.98 Å². The Morgan fingerprint density at radius 2 is 2.04 bits per heavy atom. The number of nitrogens with one attached hydrogen (secondary N) is 1. The van der Waals surface area contributed by atoms with E-state index in [1.165, 1.54) is 12.8 Å². The van der Waals surface area contributed by atoms with E-state index in [0.717, 1.165) is 32.9 Å². The van der Waals surface area contributed by atoms with Gasteiger partial charge in [0.25, 0.3) is 0 Å². The first-order valence-electron chi connectivity index (χ1n) is 7.92. The maximum Gasteiger partial charge on any atom is 0.195 e. The van der Waals surface area contributed by atoms with E-state index >= 15 is 0 Å². The number of hydrogen-bond donors (Lipinski definition) is 1. The van der Waals surface area contributed by atoms with Crippen LogP contribution in [0.15, 0.2) is 47.8 Å². The Labute approximate surface area is 147 Å². The predicted octanol–water partition coefficient (Wildman–Crippen LogP) is 5.22. The van der Waals surface area contributed by atoms with Crippen LogP contribution in [0.3, 0.4) is 0 Å². The quantitative estimate of drug-likeness (QED) is 0.515. The van der Waals surface area contributed by atoms with E-state index in [-0.39, 0.29) is 0 Å². The fourth-order valence-electron chi connectivity index (χ4n) is 3.08. The van der Waals surface area contributed by atoms with Gasteiger partial charge in [-0.1, -0.05) is 24.3 Å². The number of fused-ring (bicyclic) bond motifs is 1. The monoisotopic (exact) mass is 350 g/mol. The number of aromatic amines is 1. The second-order valence-electron chi connectivity index (χ2n) is 6.00. The summed E-state index contributed by atoms with van der Waals surface area (Å²) in [6.07, 6.45) is 2.34. The Bertz CT molecular complexity index is 1090. The summed E-state index contributed by atoms with van der Waals surface area (Å²) in [4.78, 5) is 6.00. The highest BCUT2D eigenvalue weighted by Gasteiger charge is 2.28. The lowest BCUT2D eigenvalue weighted by atomic mass is 10.1. The number of benzene rings is 1.